The zero-order valence-electron chi connectivity index (χ0n) is 14.7. The quantitative estimate of drug-likeness (QED) is 0.839. The molecule has 1 aliphatic carbocycles. The molecule has 1 saturated carbocycles. The molecule has 0 aliphatic heterocycles. The summed E-state index contributed by atoms with van der Waals surface area (Å²) in [7, 11) is 3.48. The van der Waals surface area contributed by atoms with E-state index in [0.29, 0.717) is 0 Å². The summed E-state index contributed by atoms with van der Waals surface area (Å²) in [5.74, 6) is 0.478. The first-order valence-corrected chi connectivity index (χ1v) is 8.44. The van der Waals surface area contributed by atoms with Crippen LogP contribution in [0, 0.1) is 0 Å². The number of benzene rings is 1. The monoisotopic (exact) mass is 333 g/mol. The van der Waals surface area contributed by atoms with Crippen LogP contribution in [0.25, 0.3) is 0 Å². The second kappa shape index (κ2) is 8.68. The van der Waals surface area contributed by atoms with Crippen LogP contribution >= 0.6 is 0 Å². The zero-order chi connectivity index (χ0) is 17.5. The molecule has 0 aromatic heterocycles. The summed E-state index contributed by atoms with van der Waals surface area (Å²) in [6, 6.07) is 7.52. The van der Waals surface area contributed by atoms with Crippen molar-refractivity contribution in [1.29, 1.82) is 0 Å². The number of methoxy groups -OCH3 is 1. The first kappa shape index (κ1) is 18.3. The number of hydrogen-bond donors (Lipinski definition) is 2. The van der Waals surface area contributed by atoms with Gasteiger partial charge in [-0.2, -0.15) is 0 Å². The van der Waals surface area contributed by atoms with Crippen molar-refractivity contribution < 1.29 is 14.3 Å². The molecule has 1 fully saturated rings. The van der Waals surface area contributed by atoms with Crippen LogP contribution in [-0.2, 0) is 4.79 Å². The van der Waals surface area contributed by atoms with E-state index in [-0.39, 0.29) is 24.5 Å². The van der Waals surface area contributed by atoms with Gasteiger partial charge >= 0.3 is 6.03 Å². The lowest BCUT2D eigenvalue weighted by molar-refractivity contribution is -0.121. The van der Waals surface area contributed by atoms with E-state index < -0.39 is 6.03 Å². The zero-order valence-corrected chi connectivity index (χ0v) is 14.7. The number of nitrogens with one attached hydrogen (secondary N) is 2. The molecule has 0 heterocycles. The molecule has 1 aliphatic rings. The van der Waals surface area contributed by atoms with Crippen LogP contribution in [0.5, 0.6) is 5.75 Å². The highest BCUT2D eigenvalue weighted by molar-refractivity contribution is 5.95. The van der Waals surface area contributed by atoms with Crippen molar-refractivity contribution in [3.05, 3.63) is 29.8 Å². The highest BCUT2D eigenvalue weighted by atomic mass is 16.5. The molecule has 132 valence electrons. The Morgan fingerprint density at radius 1 is 1.29 bits per heavy atom. The summed E-state index contributed by atoms with van der Waals surface area (Å²) in [6.07, 6.45) is 4.26. The number of urea groups is 1. The number of carbonyl (C=O) groups excluding carboxylic acids is 2. The van der Waals surface area contributed by atoms with Gasteiger partial charge in [0.15, 0.2) is 0 Å². The van der Waals surface area contributed by atoms with E-state index in [9.17, 15) is 9.59 Å². The average Bonchev–Trinajstić information content (AvgIpc) is 3.06. The first-order chi connectivity index (χ1) is 11.5. The molecule has 0 saturated heterocycles. The van der Waals surface area contributed by atoms with Gasteiger partial charge in [0.25, 0.3) is 0 Å². The van der Waals surface area contributed by atoms with Crippen LogP contribution < -0.4 is 15.4 Å². The fourth-order valence-electron chi connectivity index (χ4n) is 3.07. The summed E-state index contributed by atoms with van der Waals surface area (Å²) < 4.78 is 5.37. The lowest BCUT2D eigenvalue weighted by Gasteiger charge is -2.25. The second-order valence-electron chi connectivity index (χ2n) is 6.34. The van der Waals surface area contributed by atoms with Gasteiger partial charge in [0.1, 0.15) is 5.75 Å². The third kappa shape index (κ3) is 4.96. The number of para-hydroxylation sites is 1. The molecule has 0 radical (unpaired) electrons. The Labute approximate surface area is 143 Å². The smallest absolute Gasteiger partial charge is 0.321 e. The molecular formula is C18H27N3O3. The molecule has 0 spiro atoms. The highest BCUT2D eigenvalue weighted by Crippen LogP contribution is 2.27. The molecule has 0 bridgehead atoms. The highest BCUT2D eigenvalue weighted by Gasteiger charge is 2.21. The maximum atomic E-state index is 12.1. The van der Waals surface area contributed by atoms with E-state index in [1.165, 1.54) is 0 Å². The molecule has 24 heavy (non-hydrogen) atoms. The Hall–Kier alpha value is -2.08. The van der Waals surface area contributed by atoms with Gasteiger partial charge in [-0.3, -0.25) is 15.0 Å². The topological polar surface area (TPSA) is 70.7 Å². The summed E-state index contributed by atoms with van der Waals surface area (Å²) in [5, 5.41) is 5.26. The fraction of sp³-hybridized carbons (Fsp3) is 0.556. The minimum absolute atomic E-state index is 0.00945. The molecule has 2 rings (SSSR count). The molecular weight excluding hydrogens is 306 g/mol. The molecule has 3 amide bonds. The van der Waals surface area contributed by atoms with Crippen molar-refractivity contribution in [2.45, 2.75) is 44.7 Å². The van der Waals surface area contributed by atoms with Crippen molar-refractivity contribution >= 4 is 11.9 Å². The minimum atomic E-state index is -0.398. The minimum Gasteiger partial charge on any atom is -0.496 e. The number of carbonyl (C=O) groups is 2. The van der Waals surface area contributed by atoms with Crippen molar-refractivity contribution in [3.63, 3.8) is 0 Å². The van der Waals surface area contributed by atoms with Gasteiger partial charge in [-0.05, 0) is 32.9 Å². The van der Waals surface area contributed by atoms with Gasteiger partial charge in [0.05, 0.1) is 13.7 Å². The van der Waals surface area contributed by atoms with Crippen LogP contribution in [-0.4, -0.2) is 43.6 Å². The van der Waals surface area contributed by atoms with Crippen LogP contribution in [0.3, 0.4) is 0 Å². The van der Waals surface area contributed by atoms with Gasteiger partial charge < -0.3 is 10.1 Å². The predicted molar refractivity (Wildman–Crippen MR) is 93.0 cm³/mol. The Balaban J connectivity index is 1.84. The molecule has 1 aromatic rings. The molecule has 6 nitrogen and oxygen atoms in total. The SMILES string of the molecule is COc1ccccc1C(C)N(C)CC(=O)NC(=O)NC1CCCC1. The van der Waals surface area contributed by atoms with E-state index in [0.717, 1.165) is 37.0 Å². The Kier molecular flexibility index (Phi) is 6.61. The van der Waals surface area contributed by atoms with Crippen LogP contribution in [0.1, 0.15) is 44.2 Å². The molecule has 1 aromatic carbocycles. The van der Waals surface area contributed by atoms with E-state index in [4.69, 9.17) is 4.74 Å². The maximum absolute atomic E-state index is 12.1. The predicted octanol–water partition coefficient (Wildman–Crippen LogP) is 2.46. The third-order valence-electron chi connectivity index (χ3n) is 4.59. The fourth-order valence-corrected chi connectivity index (χ4v) is 3.07. The van der Waals surface area contributed by atoms with E-state index in [1.807, 2.05) is 43.1 Å². The number of ether oxygens (including phenoxy) is 1. The summed E-state index contributed by atoms with van der Waals surface area (Å²) in [4.78, 5) is 25.8. The van der Waals surface area contributed by atoms with Gasteiger partial charge in [-0.1, -0.05) is 31.0 Å². The largest absolute Gasteiger partial charge is 0.496 e. The van der Waals surface area contributed by atoms with Crippen molar-refractivity contribution in [2.24, 2.45) is 0 Å². The number of hydrogen-bond acceptors (Lipinski definition) is 4. The average molecular weight is 333 g/mol. The lowest BCUT2D eigenvalue weighted by atomic mass is 10.1. The van der Waals surface area contributed by atoms with E-state index >= 15 is 0 Å². The molecule has 1 atom stereocenters. The van der Waals surface area contributed by atoms with Crippen molar-refractivity contribution in [2.75, 3.05) is 20.7 Å². The normalized spacial score (nSPS) is 16.0. The maximum Gasteiger partial charge on any atom is 0.321 e. The molecule has 2 N–H and O–H groups in total. The number of likely N-dealkylation sites (N-methyl/N-ethyl adjacent to an activating group) is 1. The number of amides is 3. The Morgan fingerprint density at radius 2 is 1.96 bits per heavy atom. The number of rotatable bonds is 6. The summed E-state index contributed by atoms with van der Waals surface area (Å²) in [5.41, 5.74) is 1.01. The molecule has 1 unspecified atom stereocenters. The van der Waals surface area contributed by atoms with E-state index in [2.05, 4.69) is 10.6 Å². The Bertz CT molecular complexity index is 570. The van der Waals surface area contributed by atoms with Gasteiger partial charge in [0.2, 0.25) is 5.91 Å². The van der Waals surface area contributed by atoms with Crippen LogP contribution in [0.4, 0.5) is 4.79 Å². The van der Waals surface area contributed by atoms with Gasteiger partial charge in [-0.25, -0.2) is 4.79 Å². The lowest BCUT2D eigenvalue weighted by Crippen LogP contribution is -2.46. The third-order valence-corrected chi connectivity index (χ3v) is 4.59. The number of imide groups is 1. The van der Waals surface area contributed by atoms with Crippen LogP contribution in [0.15, 0.2) is 24.3 Å². The first-order valence-electron chi connectivity index (χ1n) is 8.44. The number of nitrogens with zero attached hydrogens (tertiary/aromatic N) is 1. The van der Waals surface area contributed by atoms with Gasteiger partial charge in [0, 0.05) is 17.6 Å². The van der Waals surface area contributed by atoms with Crippen LogP contribution in [0.2, 0.25) is 0 Å². The van der Waals surface area contributed by atoms with E-state index in [1.54, 1.807) is 7.11 Å². The summed E-state index contributed by atoms with van der Waals surface area (Å²) in [6.45, 7) is 2.14. The van der Waals surface area contributed by atoms with Crippen molar-refractivity contribution in [1.82, 2.24) is 15.5 Å². The van der Waals surface area contributed by atoms with Crippen molar-refractivity contribution in [3.8, 4) is 5.75 Å². The van der Waals surface area contributed by atoms with Gasteiger partial charge in [-0.15, -0.1) is 0 Å². The Morgan fingerprint density at radius 3 is 2.62 bits per heavy atom. The molecule has 6 heteroatoms. The summed E-state index contributed by atoms with van der Waals surface area (Å²) >= 11 is 0. The standard InChI is InChI=1S/C18H27N3O3/c1-13(15-10-6-7-11-16(15)24-3)21(2)12-17(22)20-18(23)19-14-8-4-5-9-14/h6-7,10-11,13-14H,4-5,8-9,12H2,1-3H3,(H2,19,20,22,23). The second-order valence-corrected chi connectivity index (χ2v) is 6.34.